The summed E-state index contributed by atoms with van der Waals surface area (Å²) in [4.78, 5) is 24.0. The molecule has 0 radical (unpaired) electrons. The number of benzene rings is 2. The average molecular weight is 426 g/mol. The van der Waals surface area contributed by atoms with Gasteiger partial charge in [0.1, 0.15) is 0 Å². The van der Waals surface area contributed by atoms with E-state index in [0.29, 0.717) is 24.1 Å². The molecule has 0 heterocycles. The number of hydrogen-bond donors (Lipinski definition) is 3. The van der Waals surface area contributed by atoms with Gasteiger partial charge in [-0.1, -0.05) is 50.1 Å². The molecule has 31 heavy (non-hydrogen) atoms. The number of primary amides is 1. The van der Waals surface area contributed by atoms with Gasteiger partial charge < -0.3 is 10.5 Å². The fourth-order valence-corrected chi connectivity index (χ4v) is 3.32. The highest BCUT2D eigenvalue weighted by molar-refractivity contribution is 5.95. The number of amides is 2. The van der Waals surface area contributed by atoms with E-state index >= 15 is 0 Å². The van der Waals surface area contributed by atoms with Crippen LogP contribution in [0.2, 0.25) is 0 Å². The molecule has 6 nitrogen and oxygen atoms in total. The SMILES string of the molecule is CCCCCOCCCCCNNC(=O)c1cccc(Cc2ccccc2C(N)=O)c1. The zero-order valence-corrected chi connectivity index (χ0v) is 18.5. The molecule has 6 heteroatoms. The lowest BCUT2D eigenvalue weighted by Crippen LogP contribution is -2.37. The average Bonchev–Trinajstić information content (AvgIpc) is 2.77. The molecule has 4 N–H and O–H groups in total. The van der Waals surface area contributed by atoms with Crippen molar-refractivity contribution in [1.82, 2.24) is 10.9 Å². The van der Waals surface area contributed by atoms with Crippen molar-refractivity contribution in [3.63, 3.8) is 0 Å². The number of carbonyl (C=O) groups excluding carboxylic acids is 2. The van der Waals surface area contributed by atoms with Crippen molar-refractivity contribution in [2.45, 2.75) is 51.9 Å². The molecule has 0 unspecified atom stereocenters. The Kier molecular flexibility index (Phi) is 11.4. The Morgan fingerprint density at radius 3 is 2.48 bits per heavy atom. The molecule has 0 aromatic heterocycles. The molecule has 2 aromatic rings. The third kappa shape index (κ3) is 9.32. The van der Waals surface area contributed by atoms with Crippen molar-refractivity contribution in [1.29, 1.82) is 0 Å². The first-order chi connectivity index (χ1) is 15.1. The van der Waals surface area contributed by atoms with E-state index in [2.05, 4.69) is 17.8 Å². The van der Waals surface area contributed by atoms with Crippen molar-refractivity contribution < 1.29 is 14.3 Å². The summed E-state index contributed by atoms with van der Waals surface area (Å²) in [7, 11) is 0. The highest BCUT2D eigenvalue weighted by Crippen LogP contribution is 2.15. The van der Waals surface area contributed by atoms with Gasteiger partial charge in [-0.05, 0) is 61.4 Å². The first kappa shape index (κ1) is 24.6. The Hall–Kier alpha value is -2.70. The monoisotopic (exact) mass is 425 g/mol. The molecule has 0 aliphatic rings. The molecular formula is C25H35N3O3. The van der Waals surface area contributed by atoms with Crippen LogP contribution in [0, 0.1) is 0 Å². The predicted molar refractivity (Wildman–Crippen MR) is 124 cm³/mol. The van der Waals surface area contributed by atoms with Crippen molar-refractivity contribution in [2.75, 3.05) is 19.8 Å². The van der Waals surface area contributed by atoms with Gasteiger partial charge >= 0.3 is 0 Å². The molecular weight excluding hydrogens is 390 g/mol. The summed E-state index contributed by atoms with van der Waals surface area (Å²) in [5.41, 5.74) is 14.1. The number of rotatable bonds is 15. The predicted octanol–water partition coefficient (Wildman–Crippen LogP) is 3.99. The minimum atomic E-state index is -0.447. The number of hydrogen-bond acceptors (Lipinski definition) is 4. The molecule has 0 spiro atoms. The maximum absolute atomic E-state index is 12.4. The Labute approximate surface area is 185 Å². The lowest BCUT2D eigenvalue weighted by Gasteiger charge is -2.10. The van der Waals surface area contributed by atoms with Gasteiger partial charge in [0.05, 0.1) is 0 Å². The van der Waals surface area contributed by atoms with Crippen molar-refractivity contribution >= 4 is 11.8 Å². The zero-order chi connectivity index (χ0) is 22.3. The maximum atomic E-state index is 12.4. The number of carbonyl (C=O) groups is 2. The van der Waals surface area contributed by atoms with Crippen LogP contribution >= 0.6 is 0 Å². The van der Waals surface area contributed by atoms with Crippen molar-refractivity contribution in [2.24, 2.45) is 5.73 Å². The molecule has 2 aromatic carbocycles. The van der Waals surface area contributed by atoms with Gasteiger partial charge in [0, 0.05) is 30.9 Å². The van der Waals surface area contributed by atoms with Crippen LogP contribution in [0.4, 0.5) is 0 Å². The van der Waals surface area contributed by atoms with Crippen LogP contribution in [0.25, 0.3) is 0 Å². The molecule has 2 amide bonds. The molecule has 0 aliphatic carbocycles. The van der Waals surface area contributed by atoms with Gasteiger partial charge in [-0.25, -0.2) is 5.43 Å². The van der Waals surface area contributed by atoms with E-state index in [1.807, 2.05) is 30.3 Å². The Bertz CT molecular complexity index is 823. The second-order valence-corrected chi connectivity index (χ2v) is 7.66. The van der Waals surface area contributed by atoms with Crippen LogP contribution in [0.1, 0.15) is 77.3 Å². The summed E-state index contributed by atoms with van der Waals surface area (Å²) in [6, 6.07) is 14.7. The lowest BCUT2D eigenvalue weighted by molar-refractivity contribution is 0.0931. The van der Waals surface area contributed by atoms with Gasteiger partial charge in [-0.15, -0.1) is 0 Å². The van der Waals surface area contributed by atoms with Crippen LogP contribution in [-0.2, 0) is 11.2 Å². The smallest absolute Gasteiger partial charge is 0.265 e. The van der Waals surface area contributed by atoms with Crippen molar-refractivity contribution in [3.05, 3.63) is 70.8 Å². The minimum absolute atomic E-state index is 0.177. The summed E-state index contributed by atoms with van der Waals surface area (Å²) in [6.45, 7) is 4.57. The first-order valence-electron chi connectivity index (χ1n) is 11.2. The van der Waals surface area contributed by atoms with Crippen LogP contribution in [0.15, 0.2) is 48.5 Å². The highest BCUT2D eigenvalue weighted by atomic mass is 16.5. The zero-order valence-electron chi connectivity index (χ0n) is 18.5. The van der Waals surface area contributed by atoms with Gasteiger partial charge in [0.2, 0.25) is 5.91 Å². The fraction of sp³-hybridized carbons (Fsp3) is 0.440. The van der Waals surface area contributed by atoms with Crippen LogP contribution in [0.5, 0.6) is 0 Å². The van der Waals surface area contributed by atoms with Gasteiger partial charge in [0.15, 0.2) is 0 Å². The minimum Gasteiger partial charge on any atom is -0.381 e. The van der Waals surface area contributed by atoms with E-state index in [9.17, 15) is 9.59 Å². The number of ether oxygens (including phenoxy) is 1. The van der Waals surface area contributed by atoms with E-state index < -0.39 is 5.91 Å². The van der Waals surface area contributed by atoms with Gasteiger partial charge in [-0.2, -0.15) is 0 Å². The van der Waals surface area contributed by atoms with Crippen molar-refractivity contribution in [3.8, 4) is 0 Å². The molecule has 2 rings (SSSR count). The number of unbranched alkanes of at least 4 members (excludes halogenated alkanes) is 4. The summed E-state index contributed by atoms with van der Waals surface area (Å²) in [6.07, 6.45) is 7.20. The number of nitrogens with one attached hydrogen (secondary N) is 2. The van der Waals surface area contributed by atoms with Gasteiger partial charge in [-0.3, -0.25) is 15.0 Å². The Morgan fingerprint density at radius 1 is 0.935 bits per heavy atom. The largest absolute Gasteiger partial charge is 0.381 e. The topological polar surface area (TPSA) is 93.4 Å². The van der Waals surface area contributed by atoms with E-state index in [4.69, 9.17) is 10.5 Å². The van der Waals surface area contributed by atoms with E-state index in [1.165, 1.54) is 12.8 Å². The molecule has 0 bridgehead atoms. The molecule has 0 fully saturated rings. The maximum Gasteiger partial charge on any atom is 0.265 e. The van der Waals surface area contributed by atoms with Crippen LogP contribution in [-0.4, -0.2) is 31.6 Å². The molecule has 0 atom stereocenters. The van der Waals surface area contributed by atoms with Crippen LogP contribution < -0.4 is 16.6 Å². The Morgan fingerprint density at radius 2 is 1.71 bits per heavy atom. The second-order valence-electron chi connectivity index (χ2n) is 7.66. The Balaban J connectivity index is 1.70. The third-order valence-electron chi connectivity index (χ3n) is 5.05. The highest BCUT2D eigenvalue weighted by Gasteiger charge is 2.10. The second kappa shape index (κ2) is 14.3. The van der Waals surface area contributed by atoms with Gasteiger partial charge in [0.25, 0.3) is 5.91 Å². The number of nitrogens with two attached hydrogens (primary N) is 1. The van der Waals surface area contributed by atoms with E-state index in [1.54, 1.807) is 18.2 Å². The lowest BCUT2D eigenvalue weighted by atomic mass is 9.98. The van der Waals surface area contributed by atoms with E-state index in [0.717, 1.165) is 50.0 Å². The van der Waals surface area contributed by atoms with E-state index in [-0.39, 0.29) is 5.91 Å². The molecule has 0 saturated carbocycles. The fourth-order valence-electron chi connectivity index (χ4n) is 3.32. The standard InChI is InChI=1S/C25H35N3O3/c1-2-3-8-16-31-17-9-4-7-15-27-28-25(30)22-13-10-11-20(19-22)18-21-12-5-6-14-23(21)24(26)29/h5-6,10-14,19,27H,2-4,7-9,15-18H2,1H3,(H2,26,29)(H,28,30). The number of hydrazine groups is 1. The molecule has 0 aliphatic heterocycles. The summed E-state index contributed by atoms with van der Waals surface area (Å²) < 4.78 is 5.60. The summed E-state index contributed by atoms with van der Waals surface area (Å²) >= 11 is 0. The summed E-state index contributed by atoms with van der Waals surface area (Å²) in [5, 5.41) is 0. The third-order valence-corrected chi connectivity index (χ3v) is 5.05. The van der Waals surface area contributed by atoms with Crippen LogP contribution in [0.3, 0.4) is 0 Å². The summed E-state index contributed by atoms with van der Waals surface area (Å²) in [5.74, 6) is -0.624. The normalized spacial score (nSPS) is 10.7. The quantitative estimate of drug-likeness (QED) is 0.297. The first-order valence-corrected chi connectivity index (χ1v) is 11.2. The molecule has 168 valence electrons. The molecule has 0 saturated heterocycles.